The number of rotatable bonds is 4. The van der Waals surface area contributed by atoms with Crippen LogP contribution in [0.15, 0.2) is 24.3 Å². The third kappa shape index (κ3) is 4.27. The normalized spacial score (nSPS) is 23.8. The third-order valence-electron chi connectivity index (χ3n) is 4.61. The summed E-state index contributed by atoms with van der Waals surface area (Å²) >= 11 is 0. The molecule has 1 aromatic carbocycles. The smallest absolute Gasteiger partial charge is 0.396 e. The maximum Gasteiger partial charge on any atom is 0.418 e. The minimum Gasteiger partial charge on any atom is -0.396 e. The van der Waals surface area contributed by atoms with E-state index in [9.17, 15) is 23.1 Å². The van der Waals surface area contributed by atoms with Crippen molar-refractivity contribution in [2.45, 2.75) is 38.9 Å². The number of para-hydroxylation sites is 1. The Balaban J connectivity index is 2.10. The van der Waals surface area contributed by atoms with Crippen LogP contribution in [0.4, 0.5) is 18.9 Å². The van der Waals surface area contributed by atoms with Gasteiger partial charge in [0.1, 0.15) is 0 Å². The Hall–Kier alpha value is -1.60. The Labute approximate surface area is 139 Å². The van der Waals surface area contributed by atoms with E-state index in [4.69, 9.17) is 0 Å². The minimum absolute atomic E-state index is 0.0226. The SMILES string of the molecule is CC(C(=O)Nc1ccccc1C(F)(F)F)N1CCCC(C)(CO)C1. The van der Waals surface area contributed by atoms with Gasteiger partial charge in [-0.15, -0.1) is 0 Å². The molecule has 0 bridgehead atoms. The number of alkyl halides is 3. The van der Waals surface area contributed by atoms with Crippen LogP contribution in [0.2, 0.25) is 0 Å². The van der Waals surface area contributed by atoms with Gasteiger partial charge in [-0.3, -0.25) is 9.69 Å². The Morgan fingerprint density at radius 1 is 1.42 bits per heavy atom. The van der Waals surface area contributed by atoms with Crippen molar-refractivity contribution in [3.05, 3.63) is 29.8 Å². The van der Waals surface area contributed by atoms with E-state index < -0.39 is 23.7 Å². The lowest BCUT2D eigenvalue weighted by molar-refractivity contribution is -0.137. The molecular formula is C17H23F3N2O2. The predicted octanol–water partition coefficient (Wildman–Crippen LogP) is 3.13. The summed E-state index contributed by atoms with van der Waals surface area (Å²) in [4.78, 5) is 14.3. The van der Waals surface area contributed by atoms with Crippen LogP contribution in [0, 0.1) is 5.41 Å². The molecule has 1 fully saturated rings. The van der Waals surface area contributed by atoms with Crippen molar-refractivity contribution in [3.63, 3.8) is 0 Å². The zero-order valence-corrected chi connectivity index (χ0v) is 13.9. The van der Waals surface area contributed by atoms with Crippen LogP contribution < -0.4 is 5.32 Å². The molecule has 0 saturated carbocycles. The maximum absolute atomic E-state index is 13.0. The van der Waals surface area contributed by atoms with Crippen molar-refractivity contribution in [2.75, 3.05) is 25.0 Å². The number of amides is 1. The first-order valence-corrected chi connectivity index (χ1v) is 7.98. The monoisotopic (exact) mass is 344 g/mol. The third-order valence-corrected chi connectivity index (χ3v) is 4.61. The van der Waals surface area contributed by atoms with E-state index in [0.29, 0.717) is 13.1 Å². The standard InChI is InChI=1S/C17H23F3N2O2/c1-12(22-9-5-8-16(2,10-22)11-23)15(24)21-14-7-4-3-6-13(14)17(18,19)20/h3-4,6-7,12,23H,5,8-11H2,1-2H3,(H,21,24). The number of nitrogens with zero attached hydrogens (tertiary/aromatic N) is 1. The second kappa shape index (κ2) is 7.11. The highest BCUT2D eigenvalue weighted by atomic mass is 19.4. The number of hydrogen-bond donors (Lipinski definition) is 2. The number of aliphatic hydroxyl groups excluding tert-OH is 1. The van der Waals surface area contributed by atoms with Crippen LogP contribution in [0.3, 0.4) is 0 Å². The predicted molar refractivity (Wildman–Crippen MR) is 85.5 cm³/mol. The molecule has 1 aliphatic rings. The molecule has 0 radical (unpaired) electrons. The van der Waals surface area contributed by atoms with Crippen molar-refractivity contribution in [3.8, 4) is 0 Å². The van der Waals surface area contributed by atoms with E-state index in [1.807, 2.05) is 11.8 Å². The number of carbonyl (C=O) groups excluding carboxylic acids is 1. The lowest BCUT2D eigenvalue weighted by Crippen LogP contribution is -2.51. The molecule has 0 spiro atoms. The van der Waals surface area contributed by atoms with Crippen molar-refractivity contribution in [1.29, 1.82) is 0 Å². The first kappa shape index (κ1) is 18.7. The van der Waals surface area contributed by atoms with Crippen LogP contribution >= 0.6 is 0 Å². The maximum atomic E-state index is 13.0. The topological polar surface area (TPSA) is 52.6 Å². The van der Waals surface area contributed by atoms with E-state index >= 15 is 0 Å². The molecule has 1 heterocycles. The largest absolute Gasteiger partial charge is 0.418 e. The number of aliphatic hydroxyl groups is 1. The molecule has 2 atom stereocenters. The quantitative estimate of drug-likeness (QED) is 0.882. The number of anilines is 1. The first-order valence-electron chi connectivity index (χ1n) is 7.98. The van der Waals surface area contributed by atoms with Gasteiger partial charge in [-0.1, -0.05) is 19.1 Å². The Bertz CT molecular complexity index is 591. The molecule has 1 saturated heterocycles. The minimum atomic E-state index is -4.52. The van der Waals surface area contributed by atoms with E-state index in [0.717, 1.165) is 18.9 Å². The van der Waals surface area contributed by atoms with Gasteiger partial charge in [0.15, 0.2) is 0 Å². The lowest BCUT2D eigenvalue weighted by atomic mass is 9.82. The summed E-state index contributed by atoms with van der Waals surface area (Å²) in [5, 5.41) is 11.9. The summed E-state index contributed by atoms with van der Waals surface area (Å²) in [6.07, 6.45) is -2.81. The lowest BCUT2D eigenvalue weighted by Gasteiger charge is -2.41. The number of hydrogen-bond acceptors (Lipinski definition) is 3. The van der Waals surface area contributed by atoms with Gasteiger partial charge in [0.25, 0.3) is 0 Å². The number of piperidine rings is 1. The summed E-state index contributed by atoms with van der Waals surface area (Å²) < 4.78 is 39.0. The summed E-state index contributed by atoms with van der Waals surface area (Å²) in [6, 6.07) is 4.38. The second-order valence-electron chi connectivity index (χ2n) is 6.75. The molecule has 0 aliphatic carbocycles. The Morgan fingerprint density at radius 2 is 2.08 bits per heavy atom. The molecule has 7 heteroatoms. The number of benzene rings is 1. The van der Waals surface area contributed by atoms with Crippen molar-refractivity contribution >= 4 is 11.6 Å². The molecule has 1 aliphatic heterocycles. The number of halogens is 3. The Kier molecular flexibility index (Phi) is 5.55. The van der Waals surface area contributed by atoms with Crippen LogP contribution in [-0.4, -0.2) is 41.7 Å². The van der Waals surface area contributed by atoms with Gasteiger partial charge in [-0.25, -0.2) is 0 Å². The van der Waals surface area contributed by atoms with E-state index in [-0.39, 0.29) is 17.7 Å². The highest BCUT2D eigenvalue weighted by molar-refractivity contribution is 5.95. The van der Waals surface area contributed by atoms with Crippen LogP contribution in [0.25, 0.3) is 0 Å². The average Bonchev–Trinajstić information content (AvgIpc) is 2.53. The van der Waals surface area contributed by atoms with Crippen molar-refractivity contribution < 1.29 is 23.1 Å². The van der Waals surface area contributed by atoms with Gasteiger partial charge in [0.05, 0.1) is 17.3 Å². The zero-order valence-electron chi connectivity index (χ0n) is 13.9. The van der Waals surface area contributed by atoms with Gasteiger partial charge < -0.3 is 10.4 Å². The van der Waals surface area contributed by atoms with E-state index in [1.54, 1.807) is 6.92 Å². The highest BCUT2D eigenvalue weighted by Crippen LogP contribution is 2.35. The van der Waals surface area contributed by atoms with Crippen molar-refractivity contribution in [2.24, 2.45) is 5.41 Å². The number of nitrogens with one attached hydrogen (secondary N) is 1. The summed E-state index contributed by atoms with van der Waals surface area (Å²) in [6.45, 7) is 4.87. The fourth-order valence-corrected chi connectivity index (χ4v) is 3.06. The van der Waals surface area contributed by atoms with Gasteiger partial charge in [0, 0.05) is 18.6 Å². The molecular weight excluding hydrogens is 321 g/mol. The Morgan fingerprint density at radius 3 is 2.71 bits per heavy atom. The number of likely N-dealkylation sites (tertiary alicyclic amines) is 1. The van der Waals surface area contributed by atoms with E-state index in [1.165, 1.54) is 18.2 Å². The van der Waals surface area contributed by atoms with Crippen molar-refractivity contribution in [1.82, 2.24) is 4.90 Å². The van der Waals surface area contributed by atoms with Gasteiger partial charge in [0.2, 0.25) is 5.91 Å². The van der Waals surface area contributed by atoms with Crippen LogP contribution in [-0.2, 0) is 11.0 Å². The zero-order chi connectivity index (χ0) is 18.0. The molecule has 134 valence electrons. The molecule has 2 rings (SSSR count). The summed E-state index contributed by atoms with van der Waals surface area (Å²) in [7, 11) is 0. The van der Waals surface area contributed by atoms with Crippen LogP contribution in [0.5, 0.6) is 0 Å². The molecule has 4 nitrogen and oxygen atoms in total. The van der Waals surface area contributed by atoms with E-state index in [2.05, 4.69) is 5.32 Å². The molecule has 2 N–H and O–H groups in total. The highest BCUT2D eigenvalue weighted by Gasteiger charge is 2.36. The number of carbonyl (C=O) groups is 1. The summed E-state index contributed by atoms with van der Waals surface area (Å²) in [5.74, 6) is -0.478. The fourth-order valence-electron chi connectivity index (χ4n) is 3.06. The van der Waals surface area contributed by atoms with Gasteiger partial charge in [-0.05, 0) is 38.4 Å². The molecule has 0 aromatic heterocycles. The fraction of sp³-hybridized carbons (Fsp3) is 0.588. The molecule has 1 aromatic rings. The average molecular weight is 344 g/mol. The van der Waals surface area contributed by atoms with Gasteiger partial charge in [-0.2, -0.15) is 13.2 Å². The summed E-state index contributed by atoms with van der Waals surface area (Å²) in [5.41, 5.74) is -1.37. The van der Waals surface area contributed by atoms with Gasteiger partial charge >= 0.3 is 6.18 Å². The second-order valence-corrected chi connectivity index (χ2v) is 6.75. The molecule has 2 unspecified atom stereocenters. The van der Waals surface area contributed by atoms with Crippen LogP contribution in [0.1, 0.15) is 32.3 Å². The first-order chi connectivity index (χ1) is 11.2. The molecule has 24 heavy (non-hydrogen) atoms. The molecule has 1 amide bonds.